The molecule has 152 valence electrons. The van der Waals surface area contributed by atoms with Gasteiger partial charge in [0, 0.05) is 43.2 Å². The first kappa shape index (κ1) is 19.7. The molecular formula is C22H27N5OS. The number of rotatable bonds is 6. The molecule has 0 fully saturated rings. The highest BCUT2D eigenvalue weighted by Gasteiger charge is 2.21. The summed E-state index contributed by atoms with van der Waals surface area (Å²) in [4.78, 5) is 13.0. The van der Waals surface area contributed by atoms with Crippen LogP contribution in [0.15, 0.2) is 57.5 Å². The van der Waals surface area contributed by atoms with Crippen LogP contribution in [0.5, 0.6) is 0 Å². The standard InChI is InChI=1S/C22H27N5OS/c1-16(27-10-8-20-18(14-27)9-11-29-20)12-24-22(23-2)25-13-19-15-28-21(26-19)17-6-4-3-5-7-17/h3-7,9,11,15-16H,8,10,12-14H2,1-2H3,(H2,23,24,25). The first-order chi connectivity index (χ1) is 14.2. The van der Waals surface area contributed by atoms with Crippen molar-refractivity contribution in [1.29, 1.82) is 0 Å². The third-order valence-electron chi connectivity index (χ3n) is 5.26. The normalized spacial score (nSPS) is 15.7. The lowest BCUT2D eigenvalue weighted by atomic mass is 10.1. The highest BCUT2D eigenvalue weighted by atomic mass is 32.1. The molecule has 1 unspecified atom stereocenters. The van der Waals surface area contributed by atoms with Crippen LogP contribution in [-0.2, 0) is 19.5 Å². The number of thiophene rings is 1. The number of nitrogens with one attached hydrogen (secondary N) is 2. The van der Waals surface area contributed by atoms with Crippen LogP contribution in [0.2, 0.25) is 0 Å². The van der Waals surface area contributed by atoms with Crippen LogP contribution in [0.4, 0.5) is 0 Å². The fourth-order valence-corrected chi connectivity index (χ4v) is 4.41. The molecule has 29 heavy (non-hydrogen) atoms. The highest BCUT2D eigenvalue weighted by Crippen LogP contribution is 2.25. The molecule has 0 radical (unpaired) electrons. The second-order valence-electron chi connectivity index (χ2n) is 7.26. The molecule has 6 nitrogen and oxygen atoms in total. The second-order valence-corrected chi connectivity index (χ2v) is 8.26. The molecule has 7 heteroatoms. The van der Waals surface area contributed by atoms with Crippen LogP contribution in [0, 0.1) is 0 Å². The summed E-state index contributed by atoms with van der Waals surface area (Å²) in [5.41, 5.74) is 3.31. The number of guanidine groups is 1. The molecule has 4 rings (SSSR count). The van der Waals surface area contributed by atoms with Crippen molar-refractivity contribution in [2.75, 3.05) is 20.1 Å². The van der Waals surface area contributed by atoms with Crippen LogP contribution in [0.25, 0.3) is 11.5 Å². The summed E-state index contributed by atoms with van der Waals surface area (Å²) >= 11 is 1.88. The summed E-state index contributed by atoms with van der Waals surface area (Å²) in [6, 6.07) is 12.6. The predicted molar refractivity (Wildman–Crippen MR) is 118 cm³/mol. The van der Waals surface area contributed by atoms with Crippen molar-refractivity contribution in [3.05, 3.63) is 64.2 Å². The third kappa shape index (κ3) is 4.86. The van der Waals surface area contributed by atoms with Crippen molar-refractivity contribution in [2.45, 2.75) is 32.5 Å². The molecule has 3 aromatic rings. The van der Waals surface area contributed by atoms with E-state index in [1.54, 1.807) is 18.2 Å². The van der Waals surface area contributed by atoms with Crippen molar-refractivity contribution in [3.63, 3.8) is 0 Å². The minimum absolute atomic E-state index is 0.429. The topological polar surface area (TPSA) is 65.7 Å². The fourth-order valence-electron chi connectivity index (χ4n) is 3.52. The Hall–Kier alpha value is -2.64. The van der Waals surface area contributed by atoms with Gasteiger partial charge < -0.3 is 15.1 Å². The molecule has 1 atom stereocenters. The van der Waals surface area contributed by atoms with Gasteiger partial charge in [-0.1, -0.05) is 18.2 Å². The molecule has 0 saturated carbocycles. The molecule has 0 bridgehead atoms. The molecule has 1 aromatic carbocycles. The zero-order valence-corrected chi connectivity index (χ0v) is 17.7. The average molecular weight is 410 g/mol. The largest absolute Gasteiger partial charge is 0.444 e. The summed E-state index contributed by atoms with van der Waals surface area (Å²) in [6.45, 7) is 5.82. The van der Waals surface area contributed by atoms with E-state index >= 15 is 0 Å². The van der Waals surface area contributed by atoms with Gasteiger partial charge in [0.25, 0.3) is 0 Å². The lowest BCUT2D eigenvalue weighted by Gasteiger charge is -2.32. The molecule has 3 heterocycles. The van der Waals surface area contributed by atoms with Gasteiger partial charge in [0.1, 0.15) is 6.26 Å². The van der Waals surface area contributed by atoms with Crippen LogP contribution >= 0.6 is 11.3 Å². The third-order valence-corrected chi connectivity index (χ3v) is 6.28. The van der Waals surface area contributed by atoms with E-state index < -0.39 is 0 Å². The van der Waals surface area contributed by atoms with E-state index in [1.807, 2.05) is 41.7 Å². The van der Waals surface area contributed by atoms with E-state index in [4.69, 9.17) is 4.42 Å². The van der Waals surface area contributed by atoms with E-state index in [0.29, 0.717) is 18.5 Å². The van der Waals surface area contributed by atoms with E-state index in [2.05, 4.69) is 43.9 Å². The summed E-state index contributed by atoms with van der Waals surface area (Å²) in [7, 11) is 1.79. The molecule has 2 N–H and O–H groups in total. The van der Waals surface area contributed by atoms with Gasteiger partial charge in [-0.05, 0) is 42.5 Å². The molecule has 0 aliphatic carbocycles. The Labute approximate surface area is 175 Å². The Kier molecular flexibility index (Phi) is 6.27. The molecule has 0 amide bonds. The number of hydrogen-bond donors (Lipinski definition) is 2. The first-order valence-corrected chi connectivity index (χ1v) is 10.8. The quantitative estimate of drug-likeness (QED) is 0.482. The smallest absolute Gasteiger partial charge is 0.226 e. The Morgan fingerprint density at radius 1 is 1.28 bits per heavy atom. The van der Waals surface area contributed by atoms with E-state index in [9.17, 15) is 0 Å². The van der Waals surface area contributed by atoms with E-state index in [-0.39, 0.29) is 0 Å². The van der Waals surface area contributed by atoms with Crippen molar-refractivity contribution in [3.8, 4) is 11.5 Å². The summed E-state index contributed by atoms with van der Waals surface area (Å²) < 4.78 is 5.60. The second kappa shape index (κ2) is 9.24. The molecule has 2 aromatic heterocycles. The maximum Gasteiger partial charge on any atom is 0.226 e. The maximum absolute atomic E-state index is 5.60. The number of oxazole rings is 1. The number of aromatic nitrogens is 1. The SMILES string of the molecule is CN=C(NCc1coc(-c2ccccc2)n1)NCC(C)N1CCc2sccc2C1. The highest BCUT2D eigenvalue weighted by molar-refractivity contribution is 7.10. The summed E-state index contributed by atoms with van der Waals surface area (Å²) in [6.07, 6.45) is 2.84. The summed E-state index contributed by atoms with van der Waals surface area (Å²) in [5, 5.41) is 8.96. The lowest BCUT2D eigenvalue weighted by Crippen LogP contribution is -2.47. The van der Waals surface area contributed by atoms with Gasteiger partial charge in [0.2, 0.25) is 5.89 Å². The predicted octanol–water partition coefficient (Wildman–Crippen LogP) is 3.51. The van der Waals surface area contributed by atoms with Gasteiger partial charge in [-0.15, -0.1) is 11.3 Å². The van der Waals surface area contributed by atoms with Crippen LogP contribution in [0.1, 0.15) is 23.1 Å². The van der Waals surface area contributed by atoms with Crippen LogP contribution < -0.4 is 10.6 Å². The number of benzene rings is 1. The van der Waals surface area contributed by atoms with Crippen molar-refractivity contribution in [2.24, 2.45) is 4.99 Å². The van der Waals surface area contributed by atoms with Gasteiger partial charge in [-0.25, -0.2) is 4.98 Å². The van der Waals surface area contributed by atoms with E-state index in [0.717, 1.165) is 43.3 Å². The van der Waals surface area contributed by atoms with Gasteiger partial charge >= 0.3 is 0 Å². The average Bonchev–Trinajstić information content (AvgIpc) is 3.43. The molecule has 0 spiro atoms. The van der Waals surface area contributed by atoms with E-state index in [1.165, 1.54) is 5.56 Å². The van der Waals surface area contributed by atoms with Crippen molar-refractivity contribution >= 4 is 17.3 Å². The number of aliphatic imine (C=N–C) groups is 1. The fraction of sp³-hybridized carbons (Fsp3) is 0.364. The molecule has 1 aliphatic rings. The number of fused-ring (bicyclic) bond motifs is 1. The Balaban J connectivity index is 1.25. The molecule has 0 saturated heterocycles. The lowest BCUT2D eigenvalue weighted by molar-refractivity contribution is 0.192. The van der Waals surface area contributed by atoms with Crippen molar-refractivity contribution in [1.82, 2.24) is 20.5 Å². The Morgan fingerprint density at radius 2 is 2.14 bits per heavy atom. The number of nitrogens with zero attached hydrogens (tertiary/aromatic N) is 3. The van der Waals surface area contributed by atoms with Crippen LogP contribution in [0.3, 0.4) is 0 Å². The van der Waals surface area contributed by atoms with Crippen molar-refractivity contribution < 1.29 is 4.42 Å². The summed E-state index contributed by atoms with van der Waals surface area (Å²) in [5.74, 6) is 1.41. The minimum Gasteiger partial charge on any atom is -0.444 e. The van der Waals surface area contributed by atoms with Gasteiger partial charge in [-0.3, -0.25) is 9.89 Å². The Morgan fingerprint density at radius 3 is 2.97 bits per heavy atom. The first-order valence-electron chi connectivity index (χ1n) is 9.96. The zero-order chi connectivity index (χ0) is 20.1. The number of hydrogen-bond acceptors (Lipinski definition) is 5. The van der Waals surface area contributed by atoms with Crippen LogP contribution in [-0.4, -0.2) is 42.0 Å². The zero-order valence-electron chi connectivity index (χ0n) is 16.9. The van der Waals surface area contributed by atoms with Gasteiger partial charge in [0.15, 0.2) is 5.96 Å². The Bertz CT molecular complexity index is 949. The maximum atomic E-state index is 5.60. The minimum atomic E-state index is 0.429. The molecular weight excluding hydrogens is 382 g/mol. The molecule has 1 aliphatic heterocycles. The monoisotopic (exact) mass is 409 g/mol. The van der Waals surface area contributed by atoms with Gasteiger partial charge in [-0.2, -0.15) is 0 Å². The van der Waals surface area contributed by atoms with Gasteiger partial charge in [0.05, 0.1) is 12.2 Å².